The minimum Gasteiger partial charge on any atom is -0.310 e. The molecule has 23 rings (SSSR count). The first-order chi connectivity index (χ1) is 61.0. The van der Waals surface area contributed by atoms with Crippen molar-refractivity contribution in [3.05, 3.63) is 483 Å². The van der Waals surface area contributed by atoms with Gasteiger partial charge in [-0.15, -0.1) is 0 Å². The molecule has 0 N–H and O–H groups in total. The molecule has 0 aliphatic heterocycles. The van der Waals surface area contributed by atoms with E-state index in [2.05, 4.69) is 508 Å². The van der Waals surface area contributed by atoms with Crippen LogP contribution >= 0.6 is 0 Å². The highest BCUT2D eigenvalue weighted by atomic mass is 15.1. The number of nitrogens with zero attached hydrogens (tertiary/aromatic N) is 4. The summed E-state index contributed by atoms with van der Waals surface area (Å²) in [6.07, 6.45) is 0. The Hall–Kier alpha value is -15.6. The maximum Gasteiger partial charge on any atom is 0.0547 e. The second-order valence-corrected chi connectivity index (χ2v) is 33.9. The molecule has 2 heterocycles. The topological polar surface area (TPSA) is 16.3 Å². The highest BCUT2D eigenvalue weighted by Crippen LogP contribution is 2.54. The number of hydrogen-bond donors (Lipinski definition) is 0. The molecule has 0 amide bonds. The number of para-hydroxylation sites is 3. The van der Waals surface area contributed by atoms with Gasteiger partial charge >= 0.3 is 0 Å². The van der Waals surface area contributed by atoms with Crippen LogP contribution in [-0.4, -0.2) is 9.13 Å². The van der Waals surface area contributed by atoms with E-state index in [0.29, 0.717) is 0 Å². The lowest BCUT2D eigenvalue weighted by Gasteiger charge is -2.26. The number of anilines is 6. The van der Waals surface area contributed by atoms with E-state index >= 15 is 0 Å². The lowest BCUT2D eigenvalue weighted by atomic mass is 9.82. The van der Waals surface area contributed by atoms with Gasteiger partial charge in [0.15, 0.2) is 0 Å². The smallest absolute Gasteiger partial charge is 0.0547 e. The molecule has 21 aromatic rings. The van der Waals surface area contributed by atoms with Crippen molar-refractivity contribution in [2.24, 2.45) is 0 Å². The van der Waals surface area contributed by atoms with E-state index in [9.17, 15) is 0 Å². The summed E-state index contributed by atoms with van der Waals surface area (Å²) in [6.45, 7) is 9.40. The van der Waals surface area contributed by atoms with Gasteiger partial charge in [-0.05, 0) is 244 Å². The fourth-order valence-corrected chi connectivity index (χ4v) is 19.8. The monoisotopic (exact) mass is 1580 g/mol. The molecule has 0 unspecified atom stereocenters. The van der Waals surface area contributed by atoms with Crippen LogP contribution in [0.25, 0.3) is 155 Å². The van der Waals surface area contributed by atoms with E-state index in [-0.39, 0.29) is 10.8 Å². The Morgan fingerprint density at radius 1 is 0.177 bits per heavy atom. The molecule has 2 aromatic heterocycles. The molecule has 0 saturated carbocycles. The zero-order chi connectivity index (χ0) is 83.0. The predicted molar refractivity (Wildman–Crippen MR) is 524 cm³/mol. The summed E-state index contributed by atoms with van der Waals surface area (Å²) < 4.78 is 4.93. The summed E-state index contributed by atoms with van der Waals surface area (Å²) >= 11 is 0. The van der Waals surface area contributed by atoms with Crippen LogP contribution in [0.2, 0.25) is 0 Å². The second-order valence-electron chi connectivity index (χ2n) is 33.9. The normalized spacial score (nSPS) is 12.6. The van der Waals surface area contributed by atoms with Gasteiger partial charge in [-0.25, -0.2) is 0 Å². The van der Waals surface area contributed by atoms with Crippen molar-refractivity contribution in [3.63, 3.8) is 0 Å². The third-order valence-corrected chi connectivity index (χ3v) is 26.0. The average Bonchev–Trinajstić information content (AvgIpc) is 1.56. The Morgan fingerprint density at radius 2 is 0.484 bits per heavy atom. The van der Waals surface area contributed by atoms with Gasteiger partial charge in [-0.3, -0.25) is 0 Å². The standard InChI is InChI=1S/C63H46N2.C57H42N2/c1-63(2)59-25-11-9-23-55(59)58-41-49(32-38-60(58)63)45-29-35-53(36-30-45)65-61-26-12-10-24-56(61)57-37-31-50(42-62(57)65)48-19-14-22-54(40-48)64(51-20-7-4-8-21-51)52-33-27-44(28-34-52)47-18-13-17-46(39-47)43-15-5-3-6-16-43;1-57(2)51-23-11-9-22-50(51)56-52(57)24-14-26-54(56)59-53-25-12-10-21-48(53)49-36-31-44(38-55(49)59)43-19-13-20-47(37-43)58(45-32-27-41(28-33-45)39-15-5-3-6-16-39)46-34-29-42(30-35-46)40-17-7-4-8-18-40/h3-42H,1-2H3;3-38H,1-2H3. The van der Waals surface area contributed by atoms with Crippen LogP contribution in [0.4, 0.5) is 34.1 Å². The molecule has 0 saturated heterocycles. The van der Waals surface area contributed by atoms with E-state index in [4.69, 9.17) is 0 Å². The number of fused-ring (bicyclic) bond motifs is 12. The van der Waals surface area contributed by atoms with Crippen LogP contribution in [0.1, 0.15) is 49.9 Å². The van der Waals surface area contributed by atoms with Crippen LogP contribution in [0, 0.1) is 0 Å². The molecule has 2 aliphatic rings. The van der Waals surface area contributed by atoms with Crippen molar-refractivity contribution in [1.29, 1.82) is 0 Å². The highest BCUT2D eigenvalue weighted by molar-refractivity contribution is 6.12. The van der Waals surface area contributed by atoms with E-state index in [0.717, 1.165) is 50.9 Å². The average molecular weight is 1590 g/mol. The zero-order valence-electron chi connectivity index (χ0n) is 69.7. The number of aromatic nitrogens is 2. The highest BCUT2D eigenvalue weighted by Gasteiger charge is 2.38. The molecule has 0 radical (unpaired) electrons. The lowest BCUT2D eigenvalue weighted by Crippen LogP contribution is -2.14. The van der Waals surface area contributed by atoms with Crippen LogP contribution in [-0.2, 0) is 10.8 Å². The van der Waals surface area contributed by atoms with Crippen LogP contribution in [0.15, 0.2) is 461 Å². The first kappa shape index (κ1) is 74.7. The zero-order valence-corrected chi connectivity index (χ0v) is 69.7. The molecule has 4 heteroatoms. The molecule has 2 aliphatic carbocycles. The van der Waals surface area contributed by atoms with E-state index in [1.54, 1.807) is 0 Å². The first-order valence-corrected chi connectivity index (χ1v) is 43.1. The lowest BCUT2D eigenvalue weighted by molar-refractivity contribution is 0.660. The Kier molecular flexibility index (Phi) is 18.6. The predicted octanol–water partition coefficient (Wildman–Crippen LogP) is 32.8. The van der Waals surface area contributed by atoms with Gasteiger partial charge in [-0.2, -0.15) is 0 Å². The number of rotatable bonds is 15. The van der Waals surface area contributed by atoms with Gasteiger partial charge < -0.3 is 18.9 Å². The third kappa shape index (κ3) is 13.2. The fourth-order valence-electron chi connectivity index (χ4n) is 19.8. The maximum atomic E-state index is 2.50. The minimum atomic E-state index is -0.0814. The molecule has 0 atom stereocenters. The van der Waals surface area contributed by atoms with Gasteiger partial charge in [0, 0.05) is 77.8 Å². The van der Waals surface area contributed by atoms with Crippen molar-refractivity contribution < 1.29 is 0 Å². The van der Waals surface area contributed by atoms with Crippen molar-refractivity contribution in [3.8, 4) is 112 Å². The summed E-state index contributed by atoms with van der Waals surface area (Å²) in [5.74, 6) is 0. The van der Waals surface area contributed by atoms with Gasteiger partial charge in [0.2, 0.25) is 0 Å². The van der Waals surface area contributed by atoms with Crippen molar-refractivity contribution in [2.75, 3.05) is 9.80 Å². The molecular formula is C120H88N4. The van der Waals surface area contributed by atoms with Crippen molar-refractivity contribution >= 4 is 77.7 Å². The third-order valence-electron chi connectivity index (χ3n) is 26.0. The van der Waals surface area contributed by atoms with Crippen LogP contribution in [0.5, 0.6) is 0 Å². The number of benzene rings is 19. The maximum absolute atomic E-state index is 2.50. The van der Waals surface area contributed by atoms with Crippen molar-refractivity contribution in [1.82, 2.24) is 9.13 Å². The molecule has 588 valence electrons. The summed E-state index contributed by atoms with van der Waals surface area (Å²) in [5, 5.41) is 5.00. The summed E-state index contributed by atoms with van der Waals surface area (Å²) in [4.78, 5) is 4.72. The molecule has 0 bridgehead atoms. The number of hydrogen-bond acceptors (Lipinski definition) is 2. The molecule has 0 fully saturated rings. The van der Waals surface area contributed by atoms with Gasteiger partial charge in [0.25, 0.3) is 0 Å². The SMILES string of the molecule is CC1(C)c2ccccc2-c2c(-n3c4ccccc4c4ccc(-c5cccc(N(c6ccc(-c7ccccc7)cc6)c6ccc(-c7ccccc7)cc6)c5)cc43)cccc21.CC1(C)c2ccccc2-c2cc(-c3ccc(-n4c5ccccc5c5ccc(-c6cccc(N(c7ccccc7)c7ccc(-c8cccc(-c9ccccc9)c8)cc7)c6)cc54)cc3)ccc21. The van der Waals surface area contributed by atoms with Gasteiger partial charge in [0.1, 0.15) is 0 Å². The quantitative estimate of drug-likeness (QED) is 0.102. The molecule has 19 aromatic carbocycles. The minimum absolute atomic E-state index is 0.00394. The van der Waals surface area contributed by atoms with Crippen LogP contribution in [0.3, 0.4) is 0 Å². The summed E-state index contributed by atoms with van der Waals surface area (Å²) in [7, 11) is 0. The van der Waals surface area contributed by atoms with E-state index in [1.165, 1.54) is 161 Å². The molecular weight excluding hydrogens is 1500 g/mol. The van der Waals surface area contributed by atoms with Crippen molar-refractivity contribution in [2.45, 2.75) is 38.5 Å². The Labute approximate surface area is 725 Å². The Morgan fingerprint density at radius 3 is 1.01 bits per heavy atom. The fraction of sp³-hybridized carbons (Fsp3) is 0.0500. The molecule has 0 spiro atoms. The second kappa shape index (κ2) is 30.9. The Balaban J connectivity index is 0.000000148. The summed E-state index contributed by atoms with van der Waals surface area (Å²) in [6, 6.07) is 168. The van der Waals surface area contributed by atoms with E-state index in [1.807, 2.05) is 0 Å². The molecule has 4 nitrogen and oxygen atoms in total. The Bertz CT molecular complexity index is 7520. The van der Waals surface area contributed by atoms with Crippen LogP contribution < -0.4 is 9.80 Å². The van der Waals surface area contributed by atoms with Gasteiger partial charge in [-0.1, -0.05) is 361 Å². The van der Waals surface area contributed by atoms with E-state index < -0.39 is 0 Å². The largest absolute Gasteiger partial charge is 0.310 e. The van der Waals surface area contributed by atoms with Gasteiger partial charge in [0.05, 0.1) is 27.8 Å². The molecule has 124 heavy (non-hydrogen) atoms. The summed E-state index contributed by atoms with van der Waals surface area (Å²) in [5.41, 5.74) is 41.4. The first-order valence-electron chi connectivity index (χ1n) is 43.1.